The Kier molecular flexibility index (Phi) is 6.42. The molecule has 0 bridgehead atoms. The number of amides is 1. The first-order chi connectivity index (χ1) is 12.0. The number of hydrogen-bond acceptors (Lipinski definition) is 4. The second kappa shape index (κ2) is 8.53. The van der Waals surface area contributed by atoms with Gasteiger partial charge in [0.1, 0.15) is 18.1 Å². The third-order valence-corrected chi connectivity index (χ3v) is 4.14. The molecule has 0 aliphatic rings. The van der Waals surface area contributed by atoms with Crippen molar-refractivity contribution in [2.75, 3.05) is 27.3 Å². The zero-order chi connectivity index (χ0) is 18.4. The summed E-state index contributed by atoms with van der Waals surface area (Å²) in [5.74, 6) is 0.0251. The van der Waals surface area contributed by atoms with Gasteiger partial charge < -0.3 is 19.8 Å². The number of ether oxygens (including phenoxy) is 1. The van der Waals surface area contributed by atoms with Crippen LogP contribution in [0.1, 0.15) is 18.1 Å². The molecule has 2 N–H and O–H groups in total. The van der Waals surface area contributed by atoms with Crippen LogP contribution >= 0.6 is 0 Å². The monoisotopic (exact) mass is 343 g/mol. The highest BCUT2D eigenvalue weighted by atomic mass is 16.5. The second-order valence-electron chi connectivity index (χ2n) is 6.06. The van der Waals surface area contributed by atoms with E-state index >= 15 is 0 Å². The van der Waals surface area contributed by atoms with Crippen LogP contribution in [-0.4, -0.2) is 48.3 Å². The minimum atomic E-state index is -0.0993. The van der Waals surface area contributed by atoms with Crippen LogP contribution in [0, 0.1) is 0 Å². The van der Waals surface area contributed by atoms with Gasteiger partial charge >= 0.3 is 0 Å². The summed E-state index contributed by atoms with van der Waals surface area (Å²) < 4.78 is 5.48. The third-order valence-electron chi connectivity index (χ3n) is 4.14. The Morgan fingerprint density at radius 2 is 1.76 bits per heavy atom. The van der Waals surface area contributed by atoms with E-state index in [2.05, 4.69) is 0 Å². The van der Waals surface area contributed by atoms with Crippen LogP contribution in [0.5, 0.6) is 11.5 Å². The molecule has 0 aromatic heterocycles. The average molecular weight is 343 g/mol. The first kappa shape index (κ1) is 18.8. The fourth-order valence-electron chi connectivity index (χ4n) is 2.81. The minimum Gasteiger partial charge on any atom is -0.508 e. The molecule has 2 aromatic rings. The van der Waals surface area contributed by atoms with Gasteiger partial charge in [0.05, 0.1) is 6.61 Å². The molecule has 1 amide bonds. The Balaban J connectivity index is 2.29. The number of phenolic OH excluding ortho intramolecular Hbond substituents is 2. The maximum absolute atomic E-state index is 11.6. The highest BCUT2D eigenvalue weighted by Crippen LogP contribution is 2.39. The van der Waals surface area contributed by atoms with Crippen molar-refractivity contribution in [1.82, 2.24) is 4.90 Å². The summed E-state index contributed by atoms with van der Waals surface area (Å²) in [6, 6.07) is 11.0. The number of rotatable bonds is 7. The van der Waals surface area contributed by atoms with Gasteiger partial charge in [-0.15, -0.1) is 0 Å². The van der Waals surface area contributed by atoms with Gasteiger partial charge in [-0.2, -0.15) is 0 Å². The lowest BCUT2D eigenvalue weighted by Crippen LogP contribution is -2.26. The molecular formula is C20H25NO4. The van der Waals surface area contributed by atoms with Crippen LogP contribution in [0.4, 0.5) is 0 Å². The van der Waals surface area contributed by atoms with Gasteiger partial charge in [-0.25, -0.2) is 0 Å². The van der Waals surface area contributed by atoms with Crippen molar-refractivity contribution in [3.63, 3.8) is 0 Å². The van der Waals surface area contributed by atoms with Crippen molar-refractivity contribution in [1.29, 1.82) is 0 Å². The van der Waals surface area contributed by atoms with Crippen molar-refractivity contribution < 1.29 is 19.7 Å². The molecule has 0 atom stereocenters. The number of benzene rings is 2. The number of likely N-dealkylation sites (N-methyl/N-ethyl adjacent to an activating group) is 1. The maximum atomic E-state index is 11.6. The number of phenols is 2. The molecule has 0 saturated carbocycles. The second-order valence-corrected chi connectivity index (χ2v) is 6.06. The fraction of sp³-hybridized carbons (Fsp3) is 0.350. The predicted molar refractivity (Wildman–Crippen MR) is 97.8 cm³/mol. The van der Waals surface area contributed by atoms with Crippen molar-refractivity contribution >= 4 is 5.91 Å². The molecule has 0 spiro atoms. The van der Waals surface area contributed by atoms with Gasteiger partial charge in [0.25, 0.3) is 0 Å². The van der Waals surface area contributed by atoms with E-state index in [0.29, 0.717) is 25.0 Å². The van der Waals surface area contributed by atoms with Crippen molar-refractivity contribution in [3.8, 4) is 22.6 Å². The molecule has 0 unspecified atom stereocenters. The predicted octanol–water partition coefficient (Wildman–Crippen LogP) is 2.97. The summed E-state index contributed by atoms with van der Waals surface area (Å²) >= 11 is 0. The zero-order valence-corrected chi connectivity index (χ0v) is 15.0. The van der Waals surface area contributed by atoms with Crippen molar-refractivity contribution in [2.24, 2.45) is 0 Å². The number of carbonyl (C=O) groups excluding carboxylic acids is 1. The van der Waals surface area contributed by atoms with Crippen LogP contribution in [0.2, 0.25) is 0 Å². The van der Waals surface area contributed by atoms with Crippen molar-refractivity contribution in [2.45, 2.75) is 19.8 Å². The summed E-state index contributed by atoms with van der Waals surface area (Å²) in [7, 11) is 3.36. The molecule has 25 heavy (non-hydrogen) atoms. The van der Waals surface area contributed by atoms with Gasteiger partial charge in [0.2, 0.25) is 5.91 Å². The summed E-state index contributed by atoms with van der Waals surface area (Å²) in [6.07, 6.45) is 1.13. The largest absolute Gasteiger partial charge is 0.508 e. The Morgan fingerprint density at radius 3 is 2.36 bits per heavy atom. The molecular weight excluding hydrogens is 318 g/mol. The lowest BCUT2D eigenvalue weighted by Gasteiger charge is -2.18. The van der Waals surface area contributed by atoms with Crippen LogP contribution in [0.25, 0.3) is 11.1 Å². The molecule has 5 nitrogen and oxygen atoms in total. The van der Waals surface area contributed by atoms with Gasteiger partial charge in [-0.1, -0.05) is 37.3 Å². The first-order valence-corrected chi connectivity index (χ1v) is 8.35. The minimum absolute atomic E-state index is 0.0138. The van der Waals surface area contributed by atoms with Gasteiger partial charge in [0, 0.05) is 25.7 Å². The molecule has 5 heteroatoms. The average Bonchev–Trinajstić information content (AvgIpc) is 2.59. The van der Waals surface area contributed by atoms with Gasteiger partial charge in [0.15, 0.2) is 0 Å². The Bertz CT molecular complexity index is 726. The standard InChI is InChI=1S/C20H25NO4/c1-4-15-16(10-11-25-13-19(24)21(2)3)20(18(23)12-17(15)22)14-8-6-5-7-9-14/h5-9,12,22-23H,4,10-11,13H2,1-3H3. The van der Waals surface area contributed by atoms with E-state index in [1.54, 1.807) is 14.1 Å². The van der Waals surface area contributed by atoms with E-state index in [4.69, 9.17) is 4.74 Å². The van der Waals surface area contributed by atoms with E-state index in [1.807, 2.05) is 37.3 Å². The molecule has 2 rings (SSSR count). The van der Waals surface area contributed by atoms with Crippen LogP contribution < -0.4 is 0 Å². The van der Waals surface area contributed by atoms with E-state index in [9.17, 15) is 15.0 Å². The lowest BCUT2D eigenvalue weighted by molar-refractivity contribution is -0.133. The fourth-order valence-corrected chi connectivity index (χ4v) is 2.81. The topological polar surface area (TPSA) is 70.0 Å². The summed E-state index contributed by atoms with van der Waals surface area (Å²) in [5.41, 5.74) is 3.23. The molecule has 2 aromatic carbocycles. The highest BCUT2D eigenvalue weighted by molar-refractivity contribution is 5.77. The third kappa shape index (κ3) is 4.51. The lowest BCUT2D eigenvalue weighted by atomic mass is 9.91. The number of carbonyl (C=O) groups is 1. The number of hydrogen-bond donors (Lipinski definition) is 2. The molecule has 0 fully saturated rings. The van der Waals surface area contributed by atoms with Crippen LogP contribution in [0.3, 0.4) is 0 Å². The summed E-state index contributed by atoms with van der Waals surface area (Å²) in [4.78, 5) is 13.1. The van der Waals surface area contributed by atoms with Crippen molar-refractivity contribution in [3.05, 3.63) is 47.5 Å². The molecule has 0 radical (unpaired) electrons. The SMILES string of the molecule is CCc1c(O)cc(O)c(-c2ccccc2)c1CCOCC(=O)N(C)C. The molecule has 0 heterocycles. The zero-order valence-electron chi connectivity index (χ0n) is 15.0. The Labute approximate surface area is 148 Å². The Morgan fingerprint density at radius 1 is 1.08 bits per heavy atom. The van der Waals surface area contributed by atoms with E-state index in [1.165, 1.54) is 11.0 Å². The summed E-state index contributed by atoms with van der Waals surface area (Å²) in [5, 5.41) is 20.6. The van der Waals surface area contributed by atoms with E-state index in [-0.39, 0.29) is 24.0 Å². The van der Waals surface area contributed by atoms with E-state index in [0.717, 1.165) is 16.7 Å². The summed E-state index contributed by atoms with van der Waals surface area (Å²) in [6.45, 7) is 2.30. The van der Waals surface area contributed by atoms with E-state index < -0.39 is 0 Å². The highest BCUT2D eigenvalue weighted by Gasteiger charge is 2.18. The van der Waals surface area contributed by atoms with Gasteiger partial charge in [-0.05, 0) is 29.5 Å². The maximum Gasteiger partial charge on any atom is 0.248 e. The molecule has 0 aliphatic heterocycles. The van der Waals surface area contributed by atoms with Crippen LogP contribution in [0.15, 0.2) is 36.4 Å². The molecule has 0 aliphatic carbocycles. The van der Waals surface area contributed by atoms with Crippen LogP contribution in [-0.2, 0) is 22.4 Å². The quantitative estimate of drug-likeness (QED) is 0.758. The number of nitrogens with zero attached hydrogens (tertiary/aromatic N) is 1. The Hall–Kier alpha value is -2.53. The molecule has 0 saturated heterocycles. The molecule has 134 valence electrons. The van der Waals surface area contributed by atoms with Gasteiger partial charge in [-0.3, -0.25) is 4.79 Å². The smallest absolute Gasteiger partial charge is 0.248 e. The normalized spacial score (nSPS) is 10.7. The number of aromatic hydroxyl groups is 2. The first-order valence-electron chi connectivity index (χ1n) is 8.35.